The first-order valence-electron chi connectivity index (χ1n) is 8.65. The van der Waals surface area contributed by atoms with Gasteiger partial charge in [0.05, 0.1) is 6.54 Å². The molecule has 1 fully saturated rings. The molecule has 0 saturated heterocycles. The number of benzene rings is 1. The number of carbonyl (C=O) groups is 2. The third kappa shape index (κ3) is 6.51. The molecule has 0 aliphatic heterocycles. The van der Waals surface area contributed by atoms with E-state index in [0.29, 0.717) is 0 Å². The van der Waals surface area contributed by atoms with Crippen molar-refractivity contribution in [1.82, 2.24) is 10.6 Å². The van der Waals surface area contributed by atoms with E-state index in [1.54, 1.807) is 0 Å². The maximum atomic E-state index is 12.0. The summed E-state index contributed by atoms with van der Waals surface area (Å²) in [6.45, 7) is 1.89. The van der Waals surface area contributed by atoms with Gasteiger partial charge in [-0.1, -0.05) is 48.0 Å². The molecule has 0 heterocycles. The van der Waals surface area contributed by atoms with Crippen LogP contribution in [0.2, 0.25) is 0 Å². The van der Waals surface area contributed by atoms with Crippen LogP contribution in [0, 0.1) is 6.92 Å². The van der Waals surface area contributed by atoms with Crippen LogP contribution in [0.5, 0.6) is 0 Å². The number of nitrogens with one attached hydrogen (secondary N) is 3. The molecule has 1 aromatic carbocycles. The summed E-state index contributed by atoms with van der Waals surface area (Å²) in [5.41, 5.74) is 1.72. The van der Waals surface area contributed by atoms with Gasteiger partial charge in [0.2, 0.25) is 5.91 Å². The Hall–Kier alpha value is -1.56. The lowest BCUT2D eigenvalue weighted by Gasteiger charge is -2.21. The fraction of sp³-hybridized carbons (Fsp3) is 0.556. The quantitative estimate of drug-likeness (QED) is 0.717. The van der Waals surface area contributed by atoms with Gasteiger partial charge in [-0.25, -0.2) is 4.79 Å². The van der Waals surface area contributed by atoms with Crippen LogP contribution in [-0.4, -0.2) is 24.5 Å². The van der Waals surface area contributed by atoms with Crippen molar-refractivity contribution in [1.29, 1.82) is 0 Å². The zero-order valence-corrected chi connectivity index (χ0v) is 15.7. The maximum absolute atomic E-state index is 12.0. The van der Waals surface area contributed by atoms with Crippen LogP contribution in [0.1, 0.15) is 50.5 Å². The molecule has 2 rings (SSSR count). The van der Waals surface area contributed by atoms with Crippen LogP contribution in [0.15, 0.2) is 22.7 Å². The van der Waals surface area contributed by atoms with Crippen LogP contribution in [0.3, 0.4) is 0 Å². The molecule has 1 aromatic rings. The Morgan fingerprint density at radius 1 is 1.12 bits per heavy atom. The molecule has 1 aliphatic carbocycles. The van der Waals surface area contributed by atoms with Crippen molar-refractivity contribution >= 4 is 33.6 Å². The SMILES string of the molecule is Cc1cc(Br)ccc1NC(=O)CNC(=O)NC1CCCCCCC1. The first-order chi connectivity index (χ1) is 11.5. The summed E-state index contributed by atoms with van der Waals surface area (Å²) in [4.78, 5) is 24.0. The van der Waals surface area contributed by atoms with Gasteiger partial charge in [0, 0.05) is 16.2 Å². The standard InChI is InChI=1S/C18H26BrN3O2/c1-13-11-14(19)9-10-16(13)22-17(23)12-20-18(24)21-15-7-5-3-2-4-6-8-15/h9-11,15H,2-8,12H2,1H3,(H,22,23)(H2,20,21,24). The second-order valence-corrected chi connectivity index (χ2v) is 7.29. The van der Waals surface area contributed by atoms with Gasteiger partial charge in [0.15, 0.2) is 0 Å². The Bertz CT molecular complexity index is 569. The molecule has 3 N–H and O–H groups in total. The molecule has 0 radical (unpaired) electrons. The van der Waals surface area contributed by atoms with Crippen LogP contribution in [0.4, 0.5) is 10.5 Å². The second kappa shape index (κ2) is 9.67. The Morgan fingerprint density at radius 3 is 2.46 bits per heavy atom. The minimum Gasteiger partial charge on any atom is -0.335 e. The predicted octanol–water partition coefficient (Wildman–Crippen LogP) is 4.11. The summed E-state index contributed by atoms with van der Waals surface area (Å²) in [6, 6.07) is 5.61. The van der Waals surface area contributed by atoms with Crippen LogP contribution in [0.25, 0.3) is 0 Å². The third-order valence-electron chi connectivity index (χ3n) is 4.31. The van der Waals surface area contributed by atoms with Gasteiger partial charge < -0.3 is 16.0 Å². The van der Waals surface area contributed by atoms with E-state index in [0.717, 1.165) is 41.4 Å². The Balaban J connectivity index is 1.73. The summed E-state index contributed by atoms with van der Waals surface area (Å²) in [7, 11) is 0. The van der Waals surface area contributed by atoms with Gasteiger partial charge >= 0.3 is 6.03 Å². The van der Waals surface area contributed by atoms with Gasteiger partial charge in [-0.2, -0.15) is 0 Å². The van der Waals surface area contributed by atoms with E-state index >= 15 is 0 Å². The molecular formula is C18H26BrN3O2. The minimum atomic E-state index is -0.261. The highest BCUT2D eigenvalue weighted by Crippen LogP contribution is 2.20. The van der Waals surface area contributed by atoms with Gasteiger partial charge in [-0.15, -0.1) is 0 Å². The fourth-order valence-electron chi connectivity index (χ4n) is 2.96. The van der Waals surface area contributed by atoms with Crippen molar-refractivity contribution in [3.63, 3.8) is 0 Å². The highest BCUT2D eigenvalue weighted by molar-refractivity contribution is 9.10. The predicted molar refractivity (Wildman–Crippen MR) is 100 cm³/mol. The number of amides is 3. The molecule has 1 aliphatic rings. The van der Waals surface area contributed by atoms with E-state index in [1.165, 1.54) is 19.3 Å². The Morgan fingerprint density at radius 2 is 1.79 bits per heavy atom. The zero-order valence-electron chi connectivity index (χ0n) is 14.2. The number of hydrogen-bond acceptors (Lipinski definition) is 2. The lowest BCUT2D eigenvalue weighted by atomic mass is 9.97. The van der Waals surface area contributed by atoms with Crippen LogP contribution < -0.4 is 16.0 Å². The van der Waals surface area contributed by atoms with Crippen molar-refractivity contribution in [2.24, 2.45) is 0 Å². The lowest BCUT2D eigenvalue weighted by molar-refractivity contribution is -0.115. The van der Waals surface area contributed by atoms with E-state index in [1.807, 2.05) is 25.1 Å². The number of halogens is 1. The smallest absolute Gasteiger partial charge is 0.315 e. The van der Waals surface area contributed by atoms with E-state index in [9.17, 15) is 9.59 Å². The van der Waals surface area contributed by atoms with Crippen LogP contribution >= 0.6 is 15.9 Å². The van der Waals surface area contributed by atoms with Gasteiger partial charge in [-0.05, 0) is 43.5 Å². The number of carbonyl (C=O) groups excluding carboxylic acids is 2. The highest BCUT2D eigenvalue weighted by Gasteiger charge is 2.14. The van der Waals surface area contributed by atoms with E-state index in [-0.39, 0.29) is 24.5 Å². The molecule has 0 aromatic heterocycles. The van der Waals surface area contributed by atoms with Crippen molar-refractivity contribution in [2.45, 2.75) is 57.9 Å². The minimum absolute atomic E-state index is 0.0337. The second-order valence-electron chi connectivity index (χ2n) is 6.38. The molecule has 5 nitrogen and oxygen atoms in total. The number of aryl methyl sites for hydroxylation is 1. The Kier molecular flexibility index (Phi) is 7.56. The van der Waals surface area contributed by atoms with Crippen molar-refractivity contribution in [3.8, 4) is 0 Å². The van der Waals surface area contributed by atoms with Gasteiger partial charge in [0.1, 0.15) is 0 Å². The summed E-state index contributed by atoms with van der Waals surface area (Å²) >= 11 is 3.39. The fourth-order valence-corrected chi connectivity index (χ4v) is 3.43. The molecule has 1 saturated carbocycles. The number of anilines is 1. The average Bonchev–Trinajstić information content (AvgIpc) is 2.51. The number of urea groups is 1. The van der Waals surface area contributed by atoms with E-state index in [4.69, 9.17) is 0 Å². The van der Waals surface area contributed by atoms with Crippen LogP contribution in [-0.2, 0) is 4.79 Å². The molecule has 0 unspecified atom stereocenters. The van der Waals surface area contributed by atoms with E-state index < -0.39 is 0 Å². The molecular weight excluding hydrogens is 370 g/mol. The monoisotopic (exact) mass is 395 g/mol. The number of hydrogen-bond donors (Lipinski definition) is 3. The zero-order chi connectivity index (χ0) is 17.4. The van der Waals surface area contributed by atoms with E-state index in [2.05, 4.69) is 31.9 Å². The first-order valence-corrected chi connectivity index (χ1v) is 9.44. The summed E-state index contributed by atoms with van der Waals surface area (Å²) < 4.78 is 0.967. The summed E-state index contributed by atoms with van der Waals surface area (Å²) in [6.07, 6.45) is 8.16. The molecule has 0 spiro atoms. The maximum Gasteiger partial charge on any atom is 0.315 e. The van der Waals surface area contributed by atoms with Gasteiger partial charge in [0.25, 0.3) is 0 Å². The third-order valence-corrected chi connectivity index (χ3v) is 4.81. The molecule has 24 heavy (non-hydrogen) atoms. The van der Waals surface area contributed by atoms with Crippen molar-refractivity contribution in [3.05, 3.63) is 28.2 Å². The molecule has 0 bridgehead atoms. The van der Waals surface area contributed by atoms with Crippen molar-refractivity contribution in [2.75, 3.05) is 11.9 Å². The largest absolute Gasteiger partial charge is 0.335 e. The molecule has 132 valence electrons. The highest BCUT2D eigenvalue weighted by atomic mass is 79.9. The molecule has 3 amide bonds. The first kappa shape index (κ1) is 18.8. The molecule has 6 heteroatoms. The summed E-state index contributed by atoms with van der Waals surface area (Å²) in [5, 5.41) is 8.45. The van der Waals surface area contributed by atoms with Crippen molar-refractivity contribution < 1.29 is 9.59 Å². The lowest BCUT2D eigenvalue weighted by Crippen LogP contribution is -2.44. The normalized spacial score (nSPS) is 15.9. The number of rotatable bonds is 4. The topological polar surface area (TPSA) is 70.2 Å². The molecule has 0 atom stereocenters. The summed E-state index contributed by atoms with van der Waals surface area (Å²) in [5.74, 6) is -0.228. The van der Waals surface area contributed by atoms with Gasteiger partial charge in [-0.3, -0.25) is 4.79 Å². The Labute approximate surface area is 152 Å². The average molecular weight is 396 g/mol.